The molecule has 0 saturated heterocycles. The summed E-state index contributed by atoms with van der Waals surface area (Å²) >= 11 is 0. The van der Waals surface area contributed by atoms with E-state index in [0.717, 1.165) is 6.42 Å². The van der Waals surface area contributed by atoms with Crippen LogP contribution in [-0.4, -0.2) is 13.1 Å². The second-order valence-corrected chi connectivity index (χ2v) is 6.09. The van der Waals surface area contributed by atoms with Gasteiger partial charge in [0.15, 0.2) is 0 Å². The predicted molar refractivity (Wildman–Crippen MR) is 81.1 cm³/mol. The van der Waals surface area contributed by atoms with Gasteiger partial charge in [-0.05, 0) is 45.2 Å². The molecule has 1 nitrogen and oxygen atoms in total. The van der Waals surface area contributed by atoms with Crippen LogP contribution in [0.3, 0.4) is 0 Å². The molecule has 0 saturated carbocycles. The van der Waals surface area contributed by atoms with Gasteiger partial charge in [0.2, 0.25) is 0 Å². The second-order valence-electron chi connectivity index (χ2n) is 6.09. The molecule has 0 heterocycles. The van der Waals surface area contributed by atoms with Gasteiger partial charge in [0, 0.05) is 6.04 Å². The van der Waals surface area contributed by atoms with E-state index in [1.54, 1.807) is 0 Å². The van der Waals surface area contributed by atoms with Crippen LogP contribution in [0.15, 0.2) is 35.9 Å². The van der Waals surface area contributed by atoms with Crippen LogP contribution >= 0.6 is 0 Å². The molecule has 0 spiro atoms. The minimum Gasteiger partial charge on any atom is -0.314 e. The number of benzene rings is 1. The number of nitrogens with one attached hydrogen (secondary N) is 1. The molecule has 1 aromatic carbocycles. The maximum absolute atomic E-state index is 3.39. The van der Waals surface area contributed by atoms with Crippen molar-refractivity contribution in [3.05, 3.63) is 47.0 Å². The van der Waals surface area contributed by atoms with Crippen molar-refractivity contribution in [1.82, 2.24) is 5.32 Å². The third-order valence-corrected chi connectivity index (χ3v) is 3.47. The molecule has 18 heavy (non-hydrogen) atoms. The highest BCUT2D eigenvalue weighted by Gasteiger charge is 2.23. The summed E-state index contributed by atoms with van der Waals surface area (Å²) in [6, 6.07) is 9.35. The SMILES string of the molecule is CNC(C=C(C)C)CC(C)(C)c1ccc(C)cc1. The summed E-state index contributed by atoms with van der Waals surface area (Å²) in [7, 11) is 2.04. The van der Waals surface area contributed by atoms with Crippen LogP contribution in [-0.2, 0) is 5.41 Å². The van der Waals surface area contributed by atoms with Crippen molar-refractivity contribution >= 4 is 0 Å². The summed E-state index contributed by atoms with van der Waals surface area (Å²) in [5.41, 5.74) is 4.29. The lowest BCUT2D eigenvalue weighted by Crippen LogP contribution is -2.32. The van der Waals surface area contributed by atoms with Crippen LogP contribution in [0, 0.1) is 6.92 Å². The van der Waals surface area contributed by atoms with E-state index in [2.05, 4.69) is 70.3 Å². The molecule has 1 unspecified atom stereocenters. The van der Waals surface area contributed by atoms with Crippen LogP contribution in [0.2, 0.25) is 0 Å². The van der Waals surface area contributed by atoms with E-state index < -0.39 is 0 Å². The lowest BCUT2D eigenvalue weighted by atomic mass is 9.78. The largest absolute Gasteiger partial charge is 0.314 e. The summed E-state index contributed by atoms with van der Waals surface area (Å²) in [6.45, 7) is 11.1. The van der Waals surface area contributed by atoms with Gasteiger partial charge in [-0.15, -0.1) is 0 Å². The summed E-state index contributed by atoms with van der Waals surface area (Å²) in [5.74, 6) is 0. The Morgan fingerprint density at radius 1 is 1.22 bits per heavy atom. The molecule has 1 N–H and O–H groups in total. The van der Waals surface area contributed by atoms with Gasteiger partial charge in [-0.2, -0.15) is 0 Å². The first-order chi connectivity index (χ1) is 8.35. The van der Waals surface area contributed by atoms with Gasteiger partial charge in [-0.3, -0.25) is 0 Å². The zero-order valence-corrected chi connectivity index (χ0v) is 12.7. The fourth-order valence-corrected chi connectivity index (χ4v) is 2.32. The molecule has 1 aromatic rings. The second kappa shape index (κ2) is 6.19. The Hall–Kier alpha value is -1.08. The zero-order chi connectivity index (χ0) is 13.8. The number of likely N-dealkylation sites (N-methyl/N-ethyl adjacent to an activating group) is 1. The first-order valence-corrected chi connectivity index (χ1v) is 6.74. The van der Waals surface area contributed by atoms with Crippen molar-refractivity contribution in [3.8, 4) is 0 Å². The van der Waals surface area contributed by atoms with E-state index >= 15 is 0 Å². The van der Waals surface area contributed by atoms with E-state index in [4.69, 9.17) is 0 Å². The molecular formula is C17H27N. The van der Waals surface area contributed by atoms with E-state index in [-0.39, 0.29) is 5.41 Å². The minimum absolute atomic E-state index is 0.188. The molecule has 0 aromatic heterocycles. The van der Waals surface area contributed by atoms with E-state index in [9.17, 15) is 0 Å². The first kappa shape index (κ1) is 15.0. The number of allylic oxidation sites excluding steroid dienone is 1. The lowest BCUT2D eigenvalue weighted by Gasteiger charge is -2.29. The third kappa shape index (κ3) is 4.30. The van der Waals surface area contributed by atoms with E-state index in [1.165, 1.54) is 16.7 Å². The smallest absolute Gasteiger partial charge is 0.0257 e. The summed E-state index contributed by atoms with van der Waals surface area (Å²) in [5, 5.41) is 3.39. The van der Waals surface area contributed by atoms with Crippen LogP contribution in [0.4, 0.5) is 0 Å². The fourth-order valence-electron chi connectivity index (χ4n) is 2.32. The quantitative estimate of drug-likeness (QED) is 0.766. The summed E-state index contributed by atoms with van der Waals surface area (Å²) < 4.78 is 0. The van der Waals surface area contributed by atoms with E-state index in [1.807, 2.05) is 7.05 Å². The van der Waals surface area contributed by atoms with Gasteiger partial charge < -0.3 is 5.32 Å². The van der Waals surface area contributed by atoms with Crippen molar-refractivity contribution in [1.29, 1.82) is 0 Å². The fraction of sp³-hybridized carbons (Fsp3) is 0.529. The number of hydrogen-bond donors (Lipinski definition) is 1. The Balaban J connectivity index is 2.86. The van der Waals surface area contributed by atoms with Crippen molar-refractivity contribution in [2.24, 2.45) is 0 Å². The number of aryl methyl sites for hydroxylation is 1. The Morgan fingerprint density at radius 2 is 1.78 bits per heavy atom. The molecule has 1 heteroatoms. The minimum atomic E-state index is 0.188. The highest BCUT2D eigenvalue weighted by molar-refractivity contribution is 5.28. The topological polar surface area (TPSA) is 12.0 Å². The number of rotatable bonds is 5. The molecule has 0 bridgehead atoms. The molecule has 1 atom stereocenters. The Bertz CT molecular complexity index is 394. The molecule has 0 aliphatic carbocycles. The van der Waals surface area contributed by atoms with Crippen molar-refractivity contribution < 1.29 is 0 Å². The Labute approximate surface area is 112 Å². The Morgan fingerprint density at radius 3 is 2.22 bits per heavy atom. The van der Waals surface area contributed by atoms with Crippen molar-refractivity contribution in [2.45, 2.75) is 52.5 Å². The van der Waals surface area contributed by atoms with Gasteiger partial charge in [0.25, 0.3) is 0 Å². The van der Waals surface area contributed by atoms with Crippen molar-refractivity contribution in [2.75, 3.05) is 7.05 Å². The maximum Gasteiger partial charge on any atom is 0.0257 e. The van der Waals surface area contributed by atoms with Crippen LogP contribution < -0.4 is 5.32 Å². The molecule has 0 radical (unpaired) electrons. The molecule has 0 fully saturated rings. The number of hydrogen-bond acceptors (Lipinski definition) is 1. The van der Waals surface area contributed by atoms with Gasteiger partial charge in [0.05, 0.1) is 0 Å². The van der Waals surface area contributed by atoms with E-state index in [0.29, 0.717) is 6.04 Å². The first-order valence-electron chi connectivity index (χ1n) is 6.74. The van der Waals surface area contributed by atoms with Crippen LogP contribution in [0.25, 0.3) is 0 Å². The zero-order valence-electron chi connectivity index (χ0n) is 12.7. The average molecular weight is 245 g/mol. The highest BCUT2D eigenvalue weighted by Crippen LogP contribution is 2.29. The monoisotopic (exact) mass is 245 g/mol. The van der Waals surface area contributed by atoms with Gasteiger partial charge in [0.1, 0.15) is 0 Å². The predicted octanol–water partition coefficient (Wildman–Crippen LogP) is 4.22. The molecule has 0 aliphatic heterocycles. The molecule has 0 amide bonds. The third-order valence-electron chi connectivity index (χ3n) is 3.47. The van der Waals surface area contributed by atoms with Gasteiger partial charge in [-0.25, -0.2) is 0 Å². The van der Waals surface area contributed by atoms with Crippen LogP contribution in [0.5, 0.6) is 0 Å². The Kier molecular flexibility index (Phi) is 5.15. The standard InChI is InChI=1S/C17H27N/c1-13(2)11-16(18-6)12-17(4,5)15-9-7-14(3)8-10-15/h7-11,16,18H,12H2,1-6H3. The molecule has 0 aliphatic rings. The van der Waals surface area contributed by atoms with Crippen molar-refractivity contribution in [3.63, 3.8) is 0 Å². The summed E-state index contributed by atoms with van der Waals surface area (Å²) in [4.78, 5) is 0. The normalized spacial score (nSPS) is 13.2. The molecular weight excluding hydrogens is 218 g/mol. The lowest BCUT2D eigenvalue weighted by molar-refractivity contribution is 0.425. The average Bonchev–Trinajstić information content (AvgIpc) is 2.27. The highest BCUT2D eigenvalue weighted by atomic mass is 14.9. The molecule has 100 valence electrons. The van der Waals surface area contributed by atoms with Gasteiger partial charge in [-0.1, -0.05) is 55.3 Å². The van der Waals surface area contributed by atoms with Crippen LogP contribution in [0.1, 0.15) is 45.2 Å². The summed E-state index contributed by atoms with van der Waals surface area (Å²) in [6.07, 6.45) is 3.42. The maximum atomic E-state index is 3.39. The molecule has 1 rings (SSSR count). The van der Waals surface area contributed by atoms with Gasteiger partial charge >= 0.3 is 0 Å².